The van der Waals surface area contributed by atoms with Gasteiger partial charge in [-0.25, -0.2) is 0 Å². The van der Waals surface area contributed by atoms with Crippen LogP contribution in [0.3, 0.4) is 0 Å². The third-order valence-electron chi connectivity index (χ3n) is 13.1. The number of nitrogens with zero attached hydrogens (tertiary/aromatic N) is 1. The Morgan fingerprint density at radius 2 is 0.984 bits per heavy atom. The minimum atomic E-state index is -0.546. The van der Waals surface area contributed by atoms with Crippen LogP contribution in [0.2, 0.25) is 0 Å². The zero-order valence-electron chi connectivity index (χ0n) is 33.6. The Morgan fingerprint density at radius 3 is 1.77 bits per heavy atom. The SMILES string of the molecule is c1ccc(N(c2ccc3c(c2)C(c2ccccc2)(c2ccccc2)c2ccccc2-3)c2ccc(-c3ccc4ccccc4c3)c3c2oc2ccc4oc5ccccc5c4c23)cc1. The van der Waals surface area contributed by atoms with Crippen LogP contribution in [0.5, 0.6) is 0 Å². The zero-order chi connectivity index (χ0) is 40.8. The van der Waals surface area contributed by atoms with Crippen LogP contribution in [0.15, 0.2) is 233 Å². The van der Waals surface area contributed by atoms with Crippen LogP contribution < -0.4 is 4.90 Å². The van der Waals surface area contributed by atoms with Crippen molar-refractivity contribution in [1.82, 2.24) is 0 Å². The third kappa shape index (κ3) is 4.94. The van der Waals surface area contributed by atoms with Crippen LogP contribution in [0.25, 0.3) is 76.9 Å². The highest BCUT2D eigenvalue weighted by atomic mass is 16.3. The van der Waals surface area contributed by atoms with E-state index in [1.54, 1.807) is 0 Å². The highest BCUT2D eigenvalue weighted by molar-refractivity contribution is 6.29. The number of hydrogen-bond acceptors (Lipinski definition) is 3. The second-order valence-electron chi connectivity index (χ2n) is 16.3. The van der Waals surface area contributed by atoms with Gasteiger partial charge in [0.15, 0.2) is 5.58 Å². The summed E-state index contributed by atoms with van der Waals surface area (Å²) in [5.41, 5.74) is 15.5. The lowest BCUT2D eigenvalue weighted by molar-refractivity contribution is 0.663. The molecule has 2 aromatic heterocycles. The summed E-state index contributed by atoms with van der Waals surface area (Å²) >= 11 is 0. The smallest absolute Gasteiger partial charge is 0.160 e. The molecular formula is C59H37NO2. The molecule has 0 saturated carbocycles. The molecule has 0 radical (unpaired) electrons. The predicted octanol–water partition coefficient (Wildman–Crippen LogP) is 16.1. The van der Waals surface area contributed by atoms with Gasteiger partial charge in [-0.15, -0.1) is 0 Å². The van der Waals surface area contributed by atoms with Gasteiger partial charge in [-0.1, -0.05) is 170 Å². The molecule has 0 aliphatic heterocycles. The van der Waals surface area contributed by atoms with Gasteiger partial charge in [-0.05, 0) is 110 Å². The van der Waals surface area contributed by atoms with E-state index in [-0.39, 0.29) is 0 Å². The first-order valence-electron chi connectivity index (χ1n) is 21.2. The third-order valence-corrected chi connectivity index (χ3v) is 13.1. The van der Waals surface area contributed by atoms with E-state index < -0.39 is 5.41 Å². The van der Waals surface area contributed by atoms with Gasteiger partial charge in [-0.2, -0.15) is 0 Å². The molecule has 0 saturated heterocycles. The number of furan rings is 2. The molecule has 0 spiro atoms. The van der Waals surface area contributed by atoms with E-state index in [0.717, 1.165) is 72.1 Å². The minimum absolute atomic E-state index is 0.546. The fraction of sp³-hybridized carbons (Fsp3) is 0.0169. The van der Waals surface area contributed by atoms with Gasteiger partial charge in [0.2, 0.25) is 0 Å². The number of fused-ring (bicyclic) bond motifs is 11. The maximum absolute atomic E-state index is 7.22. The Morgan fingerprint density at radius 1 is 0.355 bits per heavy atom. The first-order chi connectivity index (χ1) is 30.8. The Kier molecular flexibility index (Phi) is 7.52. The molecule has 12 aromatic rings. The van der Waals surface area contributed by atoms with E-state index in [9.17, 15) is 0 Å². The molecule has 290 valence electrons. The minimum Gasteiger partial charge on any atom is -0.456 e. The van der Waals surface area contributed by atoms with Crippen molar-refractivity contribution < 1.29 is 8.83 Å². The first-order valence-corrected chi connectivity index (χ1v) is 21.2. The summed E-state index contributed by atoms with van der Waals surface area (Å²) in [7, 11) is 0. The summed E-state index contributed by atoms with van der Waals surface area (Å²) < 4.78 is 13.7. The first kappa shape index (κ1) is 34.7. The number of benzene rings is 10. The lowest BCUT2D eigenvalue weighted by Gasteiger charge is -2.35. The highest BCUT2D eigenvalue weighted by Crippen LogP contribution is 2.58. The summed E-state index contributed by atoms with van der Waals surface area (Å²) in [5, 5.41) is 6.65. The second kappa shape index (κ2) is 13.4. The van der Waals surface area contributed by atoms with Crippen molar-refractivity contribution in [2.75, 3.05) is 4.90 Å². The average molecular weight is 792 g/mol. The van der Waals surface area contributed by atoms with E-state index in [4.69, 9.17) is 8.83 Å². The molecule has 0 bridgehead atoms. The van der Waals surface area contributed by atoms with Crippen LogP contribution in [-0.4, -0.2) is 0 Å². The normalized spacial score (nSPS) is 13.0. The Labute approximate surface area is 358 Å². The molecular weight excluding hydrogens is 755 g/mol. The van der Waals surface area contributed by atoms with Gasteiger partial charge >= 0.3 is 0 Å². The maximum Gasteiger partial charge on any atom is 0.160 e. The van der Waals surface area contributed by atoms with Crippen LogP contribution in [0, 0.1) is 0 Å². The van der Waals surface area contributed by atoms with Gasteiger partial charge in [-0.3, -0.25) is 0 Å². The molecule has 10 aromatic carbocycles. The number of hydrogen-bond donors (Lipinski definition) is 0. The topological polar surface area (TPSA) is 29.5 Å². The van der Waals surface area contributed by atoms with Crippen LogP contribution in [0.4, 0.5) is 17.1 Å². The Balaban J connectivity index is 1.13. The Hall–Kier alpha value is -8.14. The zero-order valence-corrected chi connectivity index (χ0v) is 33.6. The van der Waals surface area contributed by atoms with Crippen molar-refractivity contribution in [2.24, 2.45) is 0 Å². The van der Waals surface area contributed by atoms with E-state index in [0.29, 0.717) is 0 Å². The van der Waals surface area contributed by atoms with Gasteiger partial charge in [0.1, 0.15) is 16.7 Å². The summed E-state index contributed by atoms with van der Waals surface area (Å²) in [4.78, 5) is 2.38. The summed E-state index contributed by atoms with van der Waals surface area (Å²) in [6.07, 6.45) is 0. The molecule has 0 atom stereocenters. The molecule has 13 rings (SSSR count). The van der Waals surface area contributed by atoms with Gasteiger partial charge < -0.3 is 13.7 Å². The van der Waals surface area contributed by atoms with Crippen LogP contribution >= 0.6 is 0 Å². The number of anilines is 3. The summed E-state index contributed by atoms with van der Waals surface area (Å²) in [6, 6.07) is 81.0. The van der Waals surface area contributed by atoms with E-state index in [2.05, 4.69) is 217 Å². The molecule has 62 heavy (non-hydrogen) atoms. The molecule has 2 heterocycles. The molecule has 0 fully saturated rings. The van der Waals surface area contributed by atoms with Crippen molar-refractivity contribution in [1.29, 1.82) is 0 Å². The lowest BCUT2D eigenvalue weighted by atomic mass is 9.67. The van der Waals surface area contributed by atoms with Crippen molar-refractivity contribution in [3.05, 3.63) is 247 Å². The predicted molar refractivity (Wildman–Crippen MR) is 256 cm³/mol. The van der Waals surface area contributed by atoms with Gasteiger partial charge in [0.25, 0.3) is 0 Å². The number of para-hydroxylation sites is 2. The fourth-order valence-corrected chi connectivity index (χ4v) is 10.5. The largest absolute Gasteiger partial charge is 0.456 e. The average Bonchev–Trinajstić information content (AvgIpc) is 4.01. The quantitative estimate of drug-likeness (QED) is 0.168. The fourth-order valence-electron chi connectivity index (χ4n) is 10.5. The van der Waals surface area contributed by atoms with Crippen LogP contribution in [-0.2, 0) is 5.41 Å². The second-order valence-corrected chi connectivity index (χ2v) is 16.3. The van der Waals surface area contributed by atoms with E-state index >= 15 is 0 Å². The van der Waals surface area contributed by atoms with Gasteiger partial charge in [0.05, 0.1) is 11.1 Å². The molecule has 0 N–H and O–H groups in total. The highest BCUT2D eigenvalue weighted by Gasteiger charge is 2.46. The summed E-state index contributed by atoms with van der Waals surface area (Å²) in [6.45, 7) is 0. The van der Waals surface area contributed by atoms with Crippen molar-refractivity contribution in [3.63, 3.8) is 0 Å². The van der Waals surface area contributed by atoms with Crippen molar-refractivity contribution >= 4 is 71.7 Å². The van der Waals surface area contributed by atoms with Crippen LogP contribution in [0.1, 0.15) is 22.3 Å². The van der Waals surface area contributed by atoms with Crippen molar-refractivity contribution in [3.8, 4) is 22.3 Å². The molecule has 1 aliphatic carbocycles. The van der Waals surface area contributed by atoms with E-state index in [1.807, 2.05) is 12.1 Å². The van der Waals surface area contributed by atoms with Crippen molar-refractivity contribution in [2.45, 2.75) is 5.41 Å². The Bertz CT molecular complexity index is 3660. The lowest BCUT2D eigenvalue weighted by Crippen LogP contribution is -2.28. The molecule has 1 aliphatic rings. The molecule has 0 amide bonds. The monoisotopic (exact) mass is 791 g/mol. The standard InChI is InChI=1S/C59H37NO2/c1-4-18-41(19-5-1)59(42-20-6-2-7-21-42)49-26-14-12-24-46(49)47-31-30-44(37-50(47)59)60(43-22-8-3-9-23-43)51-33-32-45(40-29-28-38-16-10-11-17-39(38)36-40)56-57-54(62-58(51)56)35-34-53-55(57)48-25-13-15-27-52(48)61-53/h1-37H. The van der Waals surface area contributed by atoms with E-state index in [1.165, 1.54) is 44.2 Å². The molecule has 0 unspecified atom stereocenters. The maximum atomic E-state index is 7.22. The summed E-state index contributed by atoms with van der Waals surface area (Å²) in [5.74, 6) is 0. The number of rotatable bonds is 6. The molecule has 3 nitrogen and oxygen atoms in total. The molecule has 3 heteroatoms. The van der Waals surface area contributed by atoms with Gasteiger partial charge in [0, 0.05) is 32.9 Å².